The summed E-state index contributed by atoms with van der Waals surface area (Å²) in [5.41, 5.74) is 4.03. The molecule has 0 bridgehead atoms. The van der Waals surface area contributed by atoms with Gasteiger partial charge in [0.25, 0.3) is 0 Å². The number of amides is 2. The number of ether oxygens (including phenoxy) is 1. The second-order valence-corrected chi connectivity index (χ2v) is 6.55. The first kappa shape index (κ1) is 19.8. The summed E-state index contributed by atoms with van der Waals surface area (Å²) >= 11 is 0. The Morgan fingerprint density at radius 2 is 1.81 bits per heavy atom. The van der Waals surface area contributed by atoms with Crippen molar-refractivity contribution in [3.63, 3.8) is 0 Å². The number of carbonyl (C=O) groups is 1. The molecule has 0 fully saturated rings. The first-order valence-corrected chi connectivity index (χ1v) is 9.03. The lowest BCUT2D eigenvalue weighted by molar-refractivity contribution is 0.0657. The van der Waals surface area contributed by atoms with Crippen molar-refractivity contribution in [2.45, 2.75) is 40.0 Å². The van der Waals surface area contributed by atoms with Crippen LogP contribution in [0.4, 0.5) is 16.2 Å². The highest BCUT2D eigenvalue weighted by Crippen LogP contribution is 2.18. The van der Waals surface area contributed by atoms with Gasteiger partial charge in [0.2, 0.25) is 0 Å². The highest BCUT2D eigenvalue weighted by Gasteiger charge is 2.04. The van der Waals surface area contributed by atoms with Gasteiger partial charge in [-0.1, -0.05) is 30.3 Å². The van der Waals surface area contributed by atoms with E-state index in [1.54, 1.807) is 0 Å². The Kier molecular flexibility index (Phi) is 7.48. The topological polar surface area (TPSA) is 53.6 Å². The van der Waals surface area contributed by atoms with E-state index in [1.807, 2.05) is 69.4 Å². The molecule has 2 aromatic carbocycles. The van der Waals surface area contributed by atoms with E-state index in [9.17, 15) is 4.79 Å². The number of nitrogens with one attached hydrogen (secondary N) is 2. The van der Waals surface area contributed by atoms with Gasteiger partial charge in [0.15, 0.2) is 0 Å². The Bertz CT molecular complexity index is 699. The van der Waals surface area contributed by atoms with Crippen LogP contribution >= 0.6 is 0 Å². The zero-order valence-electron chi connectivity index (χ0n) is 16.1. The lowest BCUT2D eigenvalue weighted by Gasteiger charge is -2.17. The van der Waals surface area contributed by atoms with Crippen molar-refractivity contribution in [2.75, 3.05) is 23.8 Å². The Balaban J connectivity index is 1.83. The molecule has 0 saturated heterocycles. The molecule has 0 aliphatic rings. The fraction of sp³-hybridized carbons (Fsp3) is 0.381. The molecule has 2 amide bonds. The van der Waals surface area contributed by atoms with E-state index in [0.717, 1.165) is 29.0 Å². The molecule has 0 unspecified atom stereocenters. The minimum Gasteiger partial charge on any atom is -0.375 e. The van der Waals surface area contributed by atoms with E-state index >= 15 is 0 Å². The first-order valence-electron chi connectivity index (χ1n) is 9.03. The molecule has 2 N–H and O–H groups in total. The number of rotatable bonds is 8. The molecule has 0 saturated carbocycles. The number of nitrogens with zero attached hydrogens (tertiary/aromatic N) is 1. The van der Waals surface area contributed by atoms with Crippen LogP contribution in [0.15, 0.2) is 48.5 Å². The van der Waals surface area contributed by atoms with Crippen molar-refractivity contribution >= 4 is 17.4 Å². The van der Waals surface area contributed by atoms with Crippen molar-refractivity contribution in [3.8, 4) is 0 Å². The molecule has 0 radical (unpaired) electrons. The minimum absolute atomic E-state index is 0.214. The Labute approximate surface area is 156 Å². The molecule has 0 aromatic heterocycles. The maximum atomic E-state index is 12.1. The van der Waals surface area contributed by atoms with Gasteiger partial charge in [-0.3, -0.25) is 0 Å². The van der Waals surface area contributed by atoms with Crippen LogP contribution in [-0.2, 0) is 17.9 Å². The second kappa shape index (κ2) is 9.82. The molecule has 2 aromatic rings. The van der Waals surface area contributed by atoms with Crippen molar-refractivity contribution in [3.05, 3.63) is 59.7 Å². The van der Waals surface area contributed by atoms with Crippen molar-refractivity contribution in [1.29, 1.82) is 0 Å². The number of benzene rings is 2. The third-order valence-corrected chi connectivity index (χ3v) is 4.08. The quantitative estimate of drug-likeness (QED) is 0.738. The average molecular weight is 355 g/mol. The molecule has 0 aliphatic carbocycles. The summed E-state index contributed by atoms with van der Waals surface area (Å²) in [6, 6.07) is 15.7. The normalized spacial score (nSPS) is 10.7. The van der Waals surface area contributed by atoms with Crippen LogP contribution in [0.3, 0.4) is 0 Å². The van der Waals surface area contributed by atoms with Crippen molar-refractivity contribution < 1.29 is 9.53 Å². The predicted octanol–water partition coefficient (Wildman–Crippen LogP) is 4.39. The van der Waals surface area contributed by atoms with Gasteiger partial charge in [0.1, 0.15) is 0 Å². The van der Waals surface area contributed by atoms with Gasteiger partial charge in [0.05, 0.1) is 12.7 Å². The molecule has 0 atom stereocenters. The van der Waals surface area contributed by atoms with E-state index in [0.29, 0.717) is 13.2 Å². The fourth-order valence-corrected chi connectivity index (χ4v) is 2.38. The van der Waals surface area contributed by atoms with Gasteiger partial charge in [-0.2, -0.15) is 0 Å². The van der Waals surface area contributed by atoms with Crippen molar-refractivity contribution in [2.24, 2.45) is 0 Å². The Morgan fingerprint density at radius 1 is 1.12 bits per heavy atom. The lowest BCUT2D eigenvalue weighted by Crippen LogP contribution is -2.28. The summed E-state index contributed by atoms with van der Waals surface area (Å²) in [5.74, 6) is 0. The van der Waals surface area contributed by atoms with Crippen LogP contribution in [0, 0.1) is 0 Å². The number of hydrogen-bond donors (Lipinski definition) is 2. The number of anilines is 2. The second-order valence-electron chi connectivity index (χ2n) is 6.55. The monoisotopic (exact) mass is 355 g/mol. The summed E-state index contributed by atoms with van der Waals surface area (Å²) in [7, 11) is 2.02. The van der Waals surface area contributed by atoms with E-state index in [4.69, 9.17) is 4.74 Å². The molecule has 0 aliphatic heterocycles. The summed E-state index contributed by atoms with van der Waals surface area (Å²) in [6.45, 7) is 8.13. The minimum atomic E-state index is -0.214. The molecular weight excluding hydrogens is 326 g/mol. The average Bonchev–Trinajstić information content (AvgIpc) is 2.65. The van der Waals surface area contributed by atoms with Gasteiger partial charge < -0.3 is 20.3 Å². The lowest BCUT2D eigenvalue weighted by atomic mass is 10.1. The Morgan fingerprint density at radius 3 is 2.46 bits per heavy atom. The maximum absolute atomic E-state index is 12.1. The van der Waals surface area contributed by atoms with Crippen molar-refractivity contribution in [1.82, 2.24) is 5.32 Å². The number of hydrogen-bond acceptors (Lipinski definition) is 3. The molecule has 0 spiro atoms. The molecule has 0 heterocycles. The van der Waals surface area contributed by atoms with Gasteiger partial charge in [0, 0.05) is 31.5 Å². The fourth-order valence-electron chi connectivity index (χ4n) is 2.38. The summed E-state index contributed by atoms with van der Waals surface area (Å²) in [4.78, 5) is 14.2. The number of urea groups is 1. The Hall–Kier alpha value is -2.53. The SMILES string of the molecule is CCN(C)c1cccc(NC(=O)NCc2ccc(COC(C)C)cc2)c1. The summed E-state index contributed by atoms with van der Waals surface area (Å²) in [5, 5.41) is 5.76. The zero-order valence-corrected chi connectivity index (χ0v) is 16.1. The first-order chi connectivity index (χ1) is 12.5. The molecule has 5 heteroatoms. The standard InChI is InChI=1S/C21H29N3O2/c1-5-24(4)20-8-6-7-19(13-20)23-21(25)22-14-17-9-11-18(12-10-17)15-26-16(2)3/h6-13,16H,5,14-15H2,1-4H3,(H2,22,23,25). The molecular formula is C21H29N3O2. The zero-order chi connectivity index (χ0) is 18.9. The van der Waals surface area contributed by atoms with Crippen LogP contribution in [-0.4, -0.2) is 25.7 Å². The summed E-state index contributed by atoms with van der Waals surface area (Å²) < 4.78 is 5.58. The molecule has 2 rings (SSSR count). The smallest absolute Gasteiger partial charge is 0.319 e. The molecule has 140 valence electrons. The van der Waals surface area contributed by atoms with E-state index in [-0.39, 0.29) is 12.1 Å². The summed E-state index contributed by atoms with van der Waals surface area (Å²) in [6.07, 6.45) is 0.218. The van der Waals surface area contributed by atoms with Crippen LogP contribution in [0.25, 0.3) is 0 Å². The number of carbonyl (C=O) groups excluding carboxylic acids is 1. The van der Waals surface area contributed by atoms with E-state index in [2.05, 4.69) is 22.5 Å². The molecule has 26 heavy (non-hydrogen) atoms. The van der Waals surface area contributed by atoms with Crippen LogP contribution in [0.1, 0.15) is 31.9 Å². The van der Waals surface area contributed by atoms with E-state index < -0.39 is 0 Å². The van der Waals surface area contributed by atoms with Crippen LogP contribution in [0.5, 0.6) is 0 Å². The maximum Gasteiger partial charge on any atom is 0.319 e. The van der Waals surface area contributed by atoms with Gasteiger partial charge in [-0.25, -0.2) is 4.79 Å². The van der Waals surface area contributed by atoms with Gasteiger partial charge in [-0.15, -0.1) is 0 Å². The largest absolute Gasteiger partial charge is 0.375 e. The molecule has 5 nitrogen and oxygen atoms in total. The highest BCUT2D eigenvalue weighted by molar-refractivity contribution is 5.89. The third kappa shape index (κ3) is 6.41. The van der Waals surface area contributed by atoms with Gasteiger partial charge in [-0.05, 0) is 50.1 Å². The predicted molar refractivity (Wildman–Crippen MR) is 108 cm³/mol. The van der Waals surface area contributed by atoms with Gasteiger partial charge >= 0.3 is 6.03 Å². The van der Waals surface area contributed by atoms with Crippen LogP contribution in [0.2, 0.25) is 0 Å². The van der Waals surface area contributed by atoms with E-state index in [1.165, 1.54) is 0 Å². The van der Waals surface area contributed by atoms with Crippen LogP contribution < -0.4 is 15.5 Å². The third-order valence-electron chi connectivity index (χ3n) is 4.08. The highest BCUT2D eigenvalue weighted by atomic mass is 16.5.